The van der Waals surface area contributed by atoms with Gasteiger partial charge in [0.05, 0.1) is 19.0 Å². The molecular formula is C17H25N5O5. The normalized spacial score (nSPS) is 34.3. The highest BCUT2D eigenvalue weighted by Gasteiger charge is 2.44. The minimum atomic E-state index is -1.20. The fourth-order valence-corrected chi connectivity index (χ4v) is 3.84. The summed E-state index contributed by atoms with van der Waals surface area (Å²) >= 11 is 0. The fraction of sp³-hybridized carbons (Fsp3) is 0.706. The number of nitrogens with zero attached hydrogens (tertiary/aromatic N) is 4. The maximum Gasteiger partial charge on any atom is 0.167 e. The molecule has 5 N–H and O–H groups in total. The van der Waals surface area contributed by atoms with Gasteiger partial charge in [0.15, 0.2) is 23.2 Å². The number of ether oxygens (including phenoxy) is 1. The van der Waals surface area contributed by atoms with Crippen molar-refractivity contribution in [3.8, 4) is 0 Å². The lowest BCUT2D eigenvalue weighted by molar-refractivity contribution is -0.0511. The molecule has 1 aliphatic carbocycles. The topological polar surface area (TPSA) is 146 Å². The van der Waals surface area contributed by atoms with Crippen LogP contribution in [-0.4, -0.2) is 77.0 Å². The largest absolute Gasteiger partial charge is 0.394 e. The van der Waals surface area contributed by atoms with E-state index in [9.17, 15) is 20.4 Å². The Bertz CT molecular complexity index is 806. The Morgan fingerprint density at radius 3 is 2.56 bits per heavy atom. The Hall–Kier alpha value is -1.85. The summed E-state index contributed by atoms with van der Waals surface area (Å²) in [6.07, 6.45) is 0.311. The molecule has 4 rings (SSSR count). The smallest absolute Gasteiger partial charge is 0.167 e. The molecule has 1 saturated heterocycles. The maximum absolute atomic E-state index is 10.3. The molecular weight excluding hydrogens is 354 g/mol. The van der Waals surface area contributed by atoms with Crippen molar-refractivity contribution >= 4 is 17.0 Å². The molecule has 10 heteroatoms. The highest BCUT2D eigenvalue weighted by Crippen LogP contribution is 2.33. The minimum Gasteiger partial charge on any atom is -0.394 e. The van der Waals surface area contributed by atoms with Crippen LogP contribution in [0.5, 0.6) is 0 Å². The molecule has 1 saturated carbocycles. The second-order valence-corrected chi connectivity index (χ2v) is 7.32. The number of aryl methyl sites for hydroxylation is 1. The lowest BCUT2D eigenvalue weighted by atomic mass is 9.93. The highest BCUT2D eigenvalue weighted by atomic mass is 16.6. The predicted molar refractivity (Wildman–Crippen MR) is 95.0 cm³/mol. The Morgan fingerprint density at radius 1 is 1.15 bits per heavy atom. The van der Waals surface area contributed by atoms with E-state index in [-0.39, 0.29) is 12.1 Å². The van der Waals surface area contributed by atoms with E-state index in [2.05, 4.69) is 20.3 Å². The monoisotopic (exact) mass is 379 g/mol. The first kappa shape index (κ1) is 18.5. The van der Waals surface area contributed by atoms with Crippen molar-refractivity contribution in [1.29, 1.82) is 0 Å². The molecule has 2 aromatic rings. The van der Waals surface area contributed by atoms with Crippen molar-refractivity contribution in [3.63, 3.8) is 0 Å². The molecule has 1 aliphatic heterocycles. The lowest BCUT2D eigenvalue weighted by Crippen LogP contribution is -2.33. The van der Waals surface area contributed by atoms with E-state index in [0.29, 0.717) is 22.8 Å². The van der Waals surface area contributed by atoms with Crippen LogP contribution in [0.15, 0.2) is 6.33 Å². The summed E-state index contributed by atoms with van der Waals surface area (Å²) in [4.78, 5) is 13.3. The molecule has 4 atom stereocenters. The zero-order chi connectivity index (χ0) is 19.1. The van der Waals surface area contributed by atoms with Gasteiger partial charge in [-0.25, -0.2) is 15.0 Å². The summed E-state index contributed by atoms with van der Waals surface area (Å²) in [7, 11) is 0. The van der Waals surface area contributed by atoms with Gasteiger partial charge >= 0.3 is 0 Å². The SMILES string of the molecule is Cc1nc(NC2CCC(O)CC2)c2ncn([C@@H]3O[C@H](CO)[C@@H](O)[C@H]3O)c2n1. The van der Waals surface area contributed by atoms with Crippen molar-refractivity contribution in [2.75, 3.05) is 11.9 Å². The summed E-state index contributed by atoms with van der Waals surface area (Å²) < 4.78 is 7.15. The van der Waals surface area contributed by atoms with Gasteiger partial charge in [0.1, 0.15) is 24.1 Å². The number of rotatable bonds is 4. The second-order valence-electron chi connectivity index (χ2n) is 7.32. The second kappa shape index (κ2) is 7.28. The number of anilines is 1. The van der Waals surface area contributed by atoms with Gasteiger partial charge in [0, 0.05) is 6.04 Å². The van der Waals surface area contributed by atoms with Gasteiger partial charge in [-0.3, -0.25) is 4.57 Å². The molecule has 2 aliphatic rings. The third-order valence-electron chi connectivity index (χ3n) is 5.36. The average Bonchev–Trinajstić information content (AvgIpc) is 3.18. The van der Waals surface area contributed by atoms with Crippen molar-refractivity contribution in [1.82, 2.24) is 19.5 Å². The first-order valence-electron chi connectivity index (χ1n) is 9.26. The maximum atomic E-state index is 10.3. The molecule has 0 spiro atoms. The third kappa shape index (κ3) is 3.39. The summed E-state index contributed by atoms with van der Waals surface area (Å²) in [5.74, 6) is 1.14. The molecule has 0 radical (unpaired) electrons. The van der Waals surface area contributed by atoms with Crippen LogP contribution >= 0.6 is 0 Å². The van der Waals surface area contributed by atoms with E-state index < -0.39 is 31.1 Å². The van der Waals surface area contributed by atoms with Crippen molar-refractivity contribution in [3.05, 3.63) is 12.2 Å². The molecule has 0 bridgehead atoms. The molecule has 0 aromatic carbocycles. The highest BCUT2D eigenvalue weighted by molar-refractivity contribution is 5.83. The van der Waals surface area contributed by atoms with Crippen LogP contribution < -0.4 is 5.32 Å². The molecule has 27 heavy (non-hydrogen) atoms. The third-order valence-corrected chi connectivity index (χ3v) is 5.36. The number of aliphatic hydroxyl groups is 4. The number of hydrogen-bond donors (Lipinski definition) is 5. The Balaban J connectivity index is 1.64. The quantitative estimate of drug-likeness (QED) is 0.473. The van der Waals surface area contributed by atoms with Crippen LogP contribution in [0.1, 0.15) is 37.7 Å². The van der Waals surface area contributed by atoms with Gasteiger partial charge in [-0.15, -0.1) is 0 Å². The van der Waals surface area contributed by atoms with E-state index in [0.717, 1.165) is 25.7 Å². The molecule has 0 unspecified atom stereocenters. The number of hydrogen-bond acceptors (Lipinski definition) is 9. The van der Waals surface area contributed by atoms with E-state index >= 15 is 0 Å². The van der Waals surface area contributed by atoms with Crippen LogP contribution in [0, 0.1) is 6.92 Å². The van der Waals surface area contributed by atoms with Crippen molar-refractivity contribution < 1.29 is 25.2 Å². The molecule has 3 heterocycles. The number of aliphatic hydroxyl groups excluding tert-OH is 4. The summed E-state index contributed by atoms with van der Waals surface area (Å²) in [6, 6.07) is 0.199. The van der Waals surface area contributed by atoms with Crippen LogP contribution in [0.3, 0.4) is 0 Å². The van der Waals surface area contributed by atoms with Gasteiger partial charge in [-0.1, -0.05) is 0 Å². The van der Waals surface area contributed by atoms with Crippen LogP contribution in [0.4, 0.5) is 5.82 Å². The first-order chi connectivity index (χ1) is 13.0. The molecule has 2 fully saturated rings. The predicted octanol–water partition coefficient (Wildman–Crippen LogP) is -0.538. The van der Waals surface area contributed by atoms with E-state index in [4.69, 9.17) is 4.74 Å². The standard InChI is InChI=1S/C17H25N5O5/c1-8-19-15(21-9-2-4-10(24)5-3-9)12-16(20-8)22(7-18-12)17-14(26)13(25)11(6-23)27-17/h7,9-11,13-14,17,23-26H,2-6H2,1H3,(H,19,20,21)/t9?,10?,11-,13-,14-,17-/m1/s1. The Labute approximate surface area is 155 Å². The zero-order valence-corrected chi connectivity index (χ0v) is 15.1. The van der Waals surface area contributed by atoms with E-state index in [1.165, 1.54) is 6.33 Å². The van der Waals surface area contributed by atoms with E-state index in [1.54, 1.807) is 11.5 Å². The first-order valence-corrected chi connectivity index (χ1v) is 9.26. The van der Waals surface area contributed by atoms with Gasteiger partial charge in [-0.2, -0.15) is 0 Å². The Kier molecular flexibility index (Phi) is 4.99. The van der Waals surface area contributed by atoms with Crippen LogP contribution in [-0.2, 0) is 4.74 Å². The summed E-state index contributed by atoms with van der Waals surface area (Å²) in [5, 5.41) is 42.7. The Morgan fingerprint density at radius 2 is 1.89 bits per heavy atom. The van der Waals surface area contributed by atoms with E-state index in [1.807, 2.05) is 0 Å². The van der Waals surface area contributed by atoms with Gasteiger partial charge in [-0.05, 0) is 32.6 Å². The van der Waals surface area contributed by atoms with Gasteiger partial charge in [0.2, 0.25) is 0 Å². The lowest BCUT2D eigenvalue weighted by Gasteiger charge is -2.26. The number of fused-ring (bicyclic) bond motifs is 1. The fourth-order valence-electron chi connectivity index (χ4n) is 3.84. The van der Waals surface area contributed by atoms with Crippen LogP contribution in [0.2, 0.25) is 0 Å². The zero-order valence-electron chi connectivity index (χ0n) is 15.1. The number of imidazole rings is 1. The molecule has 148 valence electrons. The van der Waals surface area contributed by atoms with Crippen molar-refractivity contribution in [2.45, 2.75) is 69.3 Å². The number of aromatic nitrogens is 4. The molecule has 10 nitrogen and oxygen atoms in total. The van der Waals surface area contributed by atoms with Crippen LogP contribution in [0.25, 0.3) is 11.2 Å². The number of nitrogens with one attached hydrogen (secondary N) is 1. The minimum absolute atomic E-state index is 0.199. The van der Waals surface area contributed by atoms with Gasteiger partial charge in [0.25, 0.3) is 0 Å². The van der Waals surface area contributed by atoms with Crippen molar-refractivity contribution in [2.24, 2.45) is 0 Å². The summed E-state index contributed by atoms with van der Waals surface area (Å²) in [6.45, 7) is 1.37. The summed E-state index contributed by atoms with van der Waals surface area (Å²) in [5.41, 5.74) is 1.03. The average molecular weight is 379 g/mol. The molecule has 2 aromatic heterocycles. The molecule has 0 amide bonds. The van der Waals surface area contributed by atoms with Gasteiger partial charge < -0.3 is 30.5 Å².